The number of rotatable bonds is 5. The van der Waals surface area contributed by atoms with E-state index in [0.717, 1.165) is 31.6 Å². The third kappa shape index (κ3) is 4.35. The number of carbonyl (C=O) groups excluding carboxylic acids is 1. The summed E-state index contributed by atoms with van der Waals surface area (Å²) < 4.78 is 31.6. The topological polar surface area (TPSA) is 62.2 Å². The molecule has 27 heavy (non-hydrogen) atoms. The highest BCUT2D eigenvalue weighted by molar-refractivity contribution is 5.86. The fraction of sp³-hybridized carbons (Fsp3) is 0.333. The minimum atomic E-state index is -0.391. The highest BCUT2D eigenvalue weighted by Crippen LogP contribution is 2.22. The molecule has 1 aliphatic heterocycles. The Morgan fingerprint density at radius 3 is 2.85 bits per heavy atom. The number of ketones is 1. The van der Waals surface area contributed by atoms with Gasteiger partial charge in [0.2, 0.25) is 0 Å². The van der Waals surface area contributed by atoms with Crippen LogP contribution in [0.4, 0.5) is 0 Å². The smallest absolute Gasteiger partial charge is 0.152 e. The molecule has 3 aromatic heterocycles. The van der Waals surface area contributed by atoms with Crippen LogP contribution < -0.4 is 0 Å². The minimum Gasteiger partial charge on any atom is -0.304 e. The molecule has 0 aromatic carbocycles. The van der Waals surface area contributed by atoms with E-state index in [4.69, 9.17) is 5.48 Å². The van der Waals surface area contributed by atoms with E-state index in [1.54, 1.807) is 18.3 Å². The Labute approximate surface area is 164 Å². The molecule has 6 heteroatoms. The second-order valence-electron chi connectivity index (χ2n) is 6.85. The van der Waals surface area contributed by atoms with E-state index in [0.29, 0.717) is 23.3 Å². The molecule has 0 saturated carbocycles. The first-order valence-corrected chi connectivity index (χ1v) is 8.94. The molecular weight excluding hydrogens is 338 g/mol. The Hall–Kier alpha value is -2.70. The molecular formula is C21H23N5O. The van der Waals surface area contributed by atoms with E-state index < -0.39 is 6.17 Å². The summed E-state index contributed by atoms with van der Waals surface area (Å²) in [6.07, 6.45) is 2.73. The van der Waals surface area contributed by atoms with Crippen LogP contribution in [0.2, 0.25) is 0 Å². The van der Waals surface area contributed by atoms with Gasteiger partial charge in [0.15, 0.2) is 5.78 Å². The van der Waals surface area contributed by atoms with Crippen molar-refractivity contribution in [3.63, 3.8) is 0 Å². The fourth-order valence-electron chi connectivity index (χ4n) is 3.19. The molecule has 6 nitrogen and oxygen atoms in total. The van der Waals surface area contributed by atoms with E-state index in [-0.39, 0.29) is 36.0 Å². The molecule has 0 bridgehead atoms. The average molecular weight is 365 g/mol. The van der Waals surface area contributed by atoms with Crippen LogP contribution in [0.3, 0.4) is 0 Å². The first-order chi connectivity index (χ1) is 14.8. The van der Waals surface area contributed by atoms with Gasteiger partial charge in [0, 0.05) is 66.9 Å². The normalized spacial score (nSPS) is 18.0. The molecule has 4 rings (SSSR count). The van der Waals surface area contributed by atoms with Gasteiger partial charge in [-0.2, -0.15) is 0 Å². The summed E-state index contributed by atoms with van der Waals surface area (Å²) in [7, 11) is 2.08. The molecule has 0 amide bonds. The summed E-state index contributed by atoms with van der Waals surface area (Å²) in [5.74, 6) is 0.108. The Morgan fingerprint density at radius 1 is 1.15 bits per heavy atom. The quantitative estimate of drug-likeness (QED) is 0.690. The number of hydrogen-bond donors (Lipinski definition) is 0. The third-order valence-electron chi connectivity index (χ3n) is 4.75. The fourth-order valence-corrected chi connectivity index (χ4v) is 3.19. The van der Waals surface area contributed by atoms with Gasteiger partial charge in [0.25, 0.3) is 0 Å². The second-order valence-corrected chi connectivity index (χ2v) is 6.85. The van der Waals surface area contributed by atoms with Gasteiger partial charge in [0.1, 0.15) is 0 Å². The van der Waals surface area contributed by atoms with Crippen LogP contribution in [0.25, 0.3) is 22.0 Å². The van der Waals surface area contributed by atoms with Crippen molar-refractivity contribution in [2.24, 2.45) is 0 Å². The molecule has 0 spiro atoms. The third-order valence-corrected chi connectivity index (χ3v) is 4.75. The van der Waals surface area contributed by atoms with Crippen molar-refractivity contribution in [2.75, 3.05) is 39.8 Å². The first kappa shape index (κ1) is 13.5. The standard InChI is InChI=1S/C21H23N5O/c1-25-5-7-26(8-6-25)15-20(27)11-19-10-17-9-18(13-24-21(17)14-23-19)16-3-2-4-22-12-16/h2-4,9-10,12-14H,5-8,11,15H2,1H3/i2D,3D,4D,12D. The van der Waals surface area contributed by atoms with Gasteiger partial charge < -0.3 is 4.90 Å². The Balaban J connectivity index is 1.57. The van der Waals surface area contributed by atoms with E-state index in [9.17, 15) is 4.79 Å². The number of piperazine rings is 1. The number of likely N-dealkylation sites (N-methyl/N-ethyl adjacent to an activating group) is 1. The number of carbonyl (C=O) groups is 1. The van der Waals surface area contributed by atoms with Gasteiger partial charge in [-0.1, -0.05) is 6.04 Å². The lowest BCUT2D eigenvalue weighted by Crippen LogP contribution is -2.46. The van der Waals surface area contributed by atoms with Gasteiger partial charge in [-0.05, 0) is 25.2 Å². The summed E-state index contributed by atoms with van der Waals surface area (Å²) in [4.78, 5) is 29.4. The Kier molecular flexibility index (Phi) is 3.94. The highest BCUT2D eigenvalue weighted by atomic mass is 16.1. The lowest BCUT2D eigenvalue weighted by molar-refractivity contribution is -0.120. The van der Waals surface area contributed by atoms with Gasteiger partial charge in [-0.3, -0.25) is 24.6 Å². The molecule has 3 aromatic rings. The summed E-state index contributed by atoms with van der Waals surface area (Å²) >= 11 is 0. The van der Waals surface area contributed by atoms with Crippen molar-refractivity contribution < 1.29 is 10.3 Å². The molecule has 0 atom stereocenters. The monoisotopic (exact) mass is 365 g/mol. The number of pyridine rings is 3. The number of fused-ring (bicyclic) bond motifs is 1. The molecule has 138 valence electrons. The van der Waals surface area contributed by atoms with Crippen LogP contribution in [0.15, 0.2) is 49.0 Å². The van der Waals surface area contributed by atoms with Crippen LogP contribution in [0, 0.1) is 0 Å². The number of hydrogen-bond acceptors (Lipinski definition) is 6. The van der Waals surface area contributed by atoms with Crippen LogP contribution in [0.1, 0.15) is 11.2 Å². The van der Waals surface area contributed by atoms with E-state index in [1.165, 1.54) is 6.20 Å². The van der Waals surface area contributed by atoms with Crippen molar-refractivity contribution in [3.05, 3.63) is 54.7 Å². The lowest BCUT2D eigenvalue weighted by atomic mass is 10.1. The number of nitrogens with zero attached hydrogens (tertiary/aromatic N) is 5. The number of Topliss-reactive ketones (excluding diaryl/α,β-unsaturated/α-hetero) is 1. The van der Waals surface area contributed by atoms with E-state index in [2.05, 4.69) is 31.8 Å². The zero-order valence-electron chi connectivity index (χ0n) is 19.2. The van der Waals surface area contributed by atoms with Gasteiger partial charge in [0.05, 0.1) is 30.2 Å². The Morgan fingerprint density at radius 2 is 2.00 bits per heavy atom. The molecule has 0 aliphatic carbocycles. The SMILES string of the molecule is [2H]c1nc([2H])c(-c2cnc3cnc(CC(=O)CN4CCN(C)CC4)cc3c2)c([2H])c1[2H]. The van der Waals surface area contributed by atoms with Crippen LogP contribution in [-0.4, -0.2) is 70.3 Å². The lowest BCUT2D eigenvalue weighted by Gasteiger charge is -2.31. The summed E-state index contributed by atoms with van der Waals surface area (Å²) in [6.45, 7) is 4.10. The number of aromatic nitrogens is 3. The molecule has 1 saturated heterocycles. The zero-order valence-corrected chi connectivity index (χ0v) is 15.2. The Bertz CT molecular complexity index is 1150. The van der Waals surface area contributed by atoms with Gasteiger partial charge >= 0.3 is 0 Å². The van der Waals surface area contributed by atoms with Crippen molar-refractivity contribution in [1.82, 2.24) is 24.8 Å². The van der Waals surface area contributed by atoms with Crippen molar-refractivity contribution in [3.8, 4) is 11.1 Å². The van der Waals surface area contributed by atoms with Crippen LogP contribution >= 0.6 is 0 Å². The molecule has 0 unspecified atom stereocenters. The largest absolute Gasteiger partial charge is 0.304 e. The van der Waals surface area contributed by atoms with Crippen molar-refractivity contribution >= 4 is 16.7 Å². The van der Waals surface area contributed by atoms with Crippen molar-refractivity contribution in [1.29, 1.82) is 0 Å². The van der Waals surface area contributed by atoms with Gasteiger partial charge in [-0.25, -0.2) is 0 Å². The van der Waals surface area contributed by atoms with Crippen LogP contribution in [-0.2, 0) is 11.2 Å². The maximum atomic E-state index is 12.5. The summed E-state index contributed by atoms with van der Waals surface area (Å²) in [5, 5.41) is 0.732. The zero-order chi connectivity index (χ0) is 22.1. The summed E-state index contributed by atoms with van der Waals surface area (Å²) in [5.41, 5.74) is 1.92. The van der Waals surface area contributed by atoms with Crippen LogP contribution in [0.5, 0.6) is 0 Å². The van der Waals surface area contributed by atoms with E-state index >= 15 is 0 Å². The maximum absolute atomic E-state index is 12.5. The first-order valence-electron chi connectivity index (χ1n) is 10.9. The van der Waals surface area contributed by atoms with Crippen molar-refractivity contribution in [2.45, 2.75) is 6.42 Å². The predicted molar refractivity (Wildman–Crippen MR) is 105 cm³/mol. The maximum Gasteiger partial charge on any atom is 0.152 e. The molecule has 1 aliphatic rings. The predicted octanol–water partition coefficient (Wildman–Crippen LogP) is 2.05. The average Bonchev–Trinajstić information content (AvgIpc) is 2.73. The van der Waals surface area contributed by atoms with Gasteiger partial charge in [-0.15, -0.1) is 0 Å². The minimum absolute atomic E-state index is 0.108. The molecule has 0 N–H and O–H groups in total. The summed E-state index contributed by atoms with van der Waals surface area (Å²) in [6, 6.07) is 3.02. The molecule has 0 radical (unpaired) electrons. The molecule has 1 fully saturated rings. The second kappa shape index (κ2) is 7.90. The highest BCUT2D eigenvalue weighted by Gasteiger charge is 2.17. The van der Waals surface area contributed by atoms with E-state index in [1.807, 2.05) is 0 Å². The molecule has 4 heterocycles.